The molecule has 0 aliphatic carbocycles. The SMILES string of the molecule is C#CCC(CC#C)(C(=O)O)C(=O)O.[Ag]. The van der Waals surface area contributed by atoms with Crippen molar-refractivity contribution < 1.29 is 42.2 Å². The Labute approximate surface area is 97.2 Å². The fourth-order valence-corrected chi connectivity index (χ4v) is 0.805. The van der Waals surface area contributed by atoms with Crippen LogP contribution in [0.2, 0.25) is 0 Å². The normalized spacial score (nSPS) is 9.00. The molecule has 0 saturated heterocycles. The smallest absolute Gasteiger partial charge is 0.323 e. The molecule has 79 valence electrons. The zero-order valence-electron chi connectivity index (χ0n) is 7.08. The Morgan fingerprint density at radius 3 is 1.50 bits per heavy atom. The van der Waals surface area contributed by atoms with Gasteiger partial charge in [-0.05, 0) is 0 Å². The van der Waals surface area contributed by atoms with Crippen LogP contribution < -0.4 is 0 Å². The third kappa shape index (κ3) is 2.93. The summed E-state index contributed by atoms with van der Waals surface area (Å²) in [6.07, 6.45) is 8.92. The van der Waals surface area contributed by atoms with Crippen LogP contribution in [0.25, 0.3) is 0 Å². The Bertz CT molecular complexity index is 276. The predicted molar refractivity (Wildman–Crippen MR) is 44.6 cm³/mol. The Morgan fingerprint density at radius 1 is 1.07 bits per heavy atom. The molecule has 0 amide bonds. The van der Waals surface area contributed by atoms with Crippen LogP contribution in [0.4, 0.5) is 0 Å². The molecule has 0 fully saturated rings. The summed E-state index contributed by atoms with van der Waals surface area (Å²) in [6, 6.07) is 0. The summed E-state index contributed by atoms with van der Waals surface area (Å²) in [7, 11) is 0. The van der Waals surface area contributed by atoms with E-state index in [4.69, 9.17) is 23.1 Å². The number of hydrogen-bond acceptors (Lipinski definition) is 2. The molecule has 0 spiro atoms. The van der Waals surface area contributed by atoms with Gasteiger partial charge in [-0.2, -0.15) is 0 Å². The molecule has 0 saturated carbocycles. The number of carbonyl (C=O) groups is 2. The molecule has 14 heavy (non-hydrogen) atoms. The first-order valence-electron chi connectivity index (χ1n) is 3.35. The van der Waals surface area contributed by atoms with Crippen molar-refractivity contribution in [3.05, 3.63) is 0 Å². The van der Waals surface area contributed by atoms with Crippen LogP contribution in [-0.4, -0.2) is 22.2 Å². The van der Waals surface area contributed by atoms with Crippen molar-refractivity contribution in [3.63, 3.8) is 0 Å². The van der Waals surface area contributed by atoms with Gasteiger partial charge in [0.2, 0.25) is 0 Å². The molecule has 0 aromatic carbocycles. The number of carboxylic acid groups (broad SMARTS) is 2. The minimum atomic E-state index is -2.04. The van der Waals surface area contributed by atoms with Crippen LogP contribution >= 0.6 is 0 Å². The van der Waals surface area contributed by atoms with E-state index in [1.165, 1.54) is 0 Å². The number of terminal acetylenes is 2. The van der Waals surface area contributed by atoms with E-state index in [9.17, 15) is 9.59 Å². The predicted octanol–water partition coefficient (Wildman–Crippen LogP) is 0.186. The van der Waals surface area contributed by atoms with Crippen molar-refractivity contribution in [2.45, 2.75) is 12.8 Å². The third-order valence-corrected chi connectivity index (χ3v) is 1.63. The molecule has 2 N–H and O–H groups in total. The summed E-state index contributed by atoms with van der Waals surface area (Å²) in [5.41, 5.74) is -2.04. The zero-order valence-corrected chi connectivity index (χ0v) is 8.56. The first-order valence-corrected chi connectivity index (χ1v) is 3.35. The van der Waals surface area contributed by atoms with Crippen molar-refractivity contribution in [3.8, 4) is 24.7 Å². The van der Waals surface area contributed by atoms with Crippen LogP contribution in [0, 0.1) is 30.1 Å². The molecule has 0 bridgehead atoms. The molecule has 0 aromatic heterocycles. The van der Waals surface area contributed by atoms with E-state index >= 15 is 0 Å². The molecule has 0 aromatic rings. The number of hydrogen-bond donors (Lipinski definition) is 2. The summed E-state index contributed by atoms with van der Waals surface area (Å²) in [5, 5.41) is 17.4. The van der Waals surface area contributed by atoms with E-state index in [-0.39, 0.29) is 22.4 Å². The molecule has 5 heteroatoms. The third-order valence-electron chi connectivity index (χ3n) is 1.63. The van der Waals surface area contributed by atoms with Gasteiger partial charge in [-0.1, -0.05) is 0 Å². The second-order valence-corrected chi connectivity index (χ2v) is 2.45. The van der Waals surface area contributed by atoms with Gasteiger partial charge in [-0.15, -0.1) is 24.7 Å². The summed E-state index contributed by atoms with van der Waals surface area (Å²) >= 11 is 0. The molecular formula is C9H8AgO4. The van der Waals surface area contributed by atoms with E-state index in [1.54, 1.807) is 0 Å². The average molecular weight is 288 g/mol. The first-order chi connectivity index (χ1) is 6.01. The monoisotopic (exact) mass is 287 g/mol. The van der Waals surface area contributed by atoms with Gasteiger partial charge in [-0.25, -0.2) is 0 Å². The number of rotatable bonds is 4. The first kappa shape index (κ1) is 15.3. The van der Waals surface area contributed by atoms with E-state index in [0.29, 0.717) is 0 Å². The maximum absolute atomic E-state index is 10.7. The van der Waals surface area contributed by atoms with Crippen molar-refractivity contribution in [1.29, 1.82) is 0 Å². The van der Waals surface area contributed by atoms with E-state index in [2.05, 4.69) is 0 Å². The Balaban J connectivity index is 0. The summed E-state index contributed by atoms with van der Waals surface area (Å²) in [5.74, 6) is 0.990. The minimum absolute atomic E-state index is 0. The van der Waals surface area contributed by atoms with Gasteiger partial charge in [0.25, 0.3) is 0 Å². The molecule has 0 heterocycles. The van der Waals surface area contributed by atoms with Crippen LogP contribution in [0.1, 0.15) is 12.8 Å². The van der Waals surface area contributed by atoms with E-state index in [1.807, 2.05) is 11.8 Å². The standard InChI is InChI=1S/C9H8O4.Ag/c1-3-5-9(6-4-2,7(10)11)8(12)13;/h1-2H,5-6H2,(H,10,11)(H,12,13);. The molecule has 0 rings (SSSR count). The summed E-state index contributed by atoms with van der Waals surface area (Å²) in [6.45, 7) is 0. The Kier molecular flexibility index (Phi) is 6.86. The van der Waals surface area contributed by atoms with Gasteiger partial charge in [0.15, 0.2) is 5.41 Å². The van der Waals surface area contributed by atoms with Crippen LogP contribution in [-0.2, 0) is 32.0 Å². The Morgan fingerprint density at radius 2 is 1.36 bits per heavy atom. The molecule has 0 atom stereocenters. The van der Waals surface area contributed by atoms with Crippen LogP contribution in [0.3, 0.4) is 0 Å². The second-order valence-electron chi connectivity index (χ2n) is 2.45. The molecule has 0 aliphatic rings. The summed E-state index contributed by atoms with van der Waals surface area (Å²) < 4.78 is 0. The van der Waals surface area contributed by atoms with Gasteiger partial charge in [-0.3, -0.25) is 9.59 Å². The van der Waals surface area contributed by atoms with Gasteiger partial charge in [0.05, 0.1) is 0 Å². The molecule has 0 aliphatic heterocycles. The number of aliphatic carboxylic acids is 2. The molecule has 0 unspecified atom stereocenters. The Hall–Kier alpha value is -1.20. The van der Waals surface area contributed by atoms with Gasteiger partial charge in [0.1, 0.15) is 0 Å². The minimum Gasteiger partial charge on any atom is -0.480 e. The molecule has 4 nitrogen and oxygen atoms in total. The van der Waals surface area contributed by atoms with Gasteiger partial charge >= 0.3 is 11.9 Å². The van der Waals surface area contributed by atoms with E-state index in [0.717, 1.165) is 0 Å². The maximum atomic E-state index is 10.7. The van der Waals surface area contributed by atoms with Crippen molar-refractivity contribution in [2.24, 2.45) is 5.41 Å². The summed E-state index contributed by atoms with van der Waals surface area (Å²) in [4.78, 5) is 21.3. The second kappa shape index (κ2) is 6.28. The topological polar surface area (TPSA) is 74.6 Å². The molecule has 1 radical (unpaired) electrons. The van der Waals surface area contributed by atoms with Crippen molar-refractivity contribution >= 4 is 11.9 Å². The zero-order chi connectivity index (χ0) is 10.5. The van der Waals surface area contributed by atoms with Crippen molar-refractivity contribution in [1.82, 2.24) is 0 Å². The maximum Gasteiger partial charge on any atom is 0.323 e. The van der Waals surface area contributed by atoms with Crippen LogP contribution in [0.15, 0.2) is 0 Å². The number of carboxylic acids is 2. The van der Waals surface area contributed by atoms with Gasteiger partial charge < -0.3 is 10.2 Å². The van der Waals surface area contributed by atoms with Crippen molar-refractivity contribution in [2.75, 3.05) is 0 Å². The van der Waals surface area contributed by atoms with E-state index < -0.39 is 30.2 Å². The molecular weight excluding hydrogens is 280 g/mol. The fourth-order valence-electron chi connectivity index (χ4n) is 0.805. The van der Waals surface area contributed by atoms with Crippen LogP contribution in [0.5, 0.6) is 0 Å². The average Bonchev–Trinajstić information content (AvgIpc) is 2.03. The quantitative estimate of drug-likeness (QED) is 0.440. The van der Waals surface area contributed by atoms with Gasteiger partial charge in [0, 0.05) is 35.2 Å². The largest absolute Gasteiger partial charge is 0.480 e. The fraction of sp³-hybridized carbons (Fsp3) is 0.333.